The Hall–Kier alpha value is -3.10. The minimum atomic E-state index is -0.369. The lowest BCUT2D eigenvalue weighted by Crippen LogP contribution is -2.49. The van der Waals surface area contributed by atoms with Gasteiger partial charge in [-0.05, 0) is 44.2 Å². The standard InChI is InChI=1S/C23H26FN5O2/c1-16-5-3-6-18(13-16)23-27-26-22(31-23)17(2)29-11-9-28(10-12-29)15-21(30)25-20-8-4-7-19(24)14-20/h3-8,13-14,17H,9-12,15H2,1-2H3,(H,25,30). The molecule has 0 bridgehead atoms. The normalized spacial score (nSPS) is 16.2. The number of piperazine rings is 1. The highest BCUT2D eigenvalue weighted by molar-refractivity contribution is 5.92. The van der Waals surface area contributed by atoms with E-state index in [1.54, 1.807) is 12.1 Å². The van der Waals surface area contributed by atoms with Crippen LogP contribution in [0.5, 0.6) is 0 Å². The van der Waals surface area contributed by atoms with E-state index < -0.39 is 0 Å². The van der Waals surface area contributed by atoms with Gasteiger partial charge in [-0.15, -0.1) is 10.2 Å². The van der Waals surface area contributed by atoms with E-state index in [1.165, 1.54) is 12.1 Å². The topological polar surface area (TPSA) is 74.5 Å². The van der Waals surface area contributed by atoms with Gasteiger partial charge in [0, 0.05) is 37.4 Å². The maximum Gasteiger partial charge on any atom is 0.247 e. The lowest BCUT2D eigenvalue weighted by atomic mass is 10.1. The molecule has 0 saturated carbocycles. The fourth-order valence-corrected chi connectivity index (χ4v) is 3.73. The Bertz CT molecular complexity index is 1050. The van der Waals surface area contributed by atoms with Crippen LogP contribution in [0.1, 0.15) is 24.4 Å². The molecule has 1 atom stereocenters. The molecule has 1 N–H and O–H groups in total. The minimum absolute atomic E-state index is 0.00525. The summed E-state index contributed by atoms with van der Waals surface area (Å²) in [6.07, 6.45) is 0. The summed E-state index contributed by atoms with van der Waals surface area (Å²) >= 11 is 0. The van der Waals surface area contributed by atoms with Crippen LogP contribution in [0.25, 0.3) is 11.5 Å². The highest BCUT2D eigenvalue weighted by Crippen LogP contribution is 2.25. The molecule has 1 unspecified atom stereocenters. The first kappa shape index (κ1) is 21.1. The van der Waals surface area contributed by atoms with Crippen LogP contribution in [-0.4, -0.2) is 58.6 Å². The molecule has 1 aromatic heterocycles. The van der Waals surface area contributed by atoms with Crippen LogP contribution in [0.3, 0.4) is 0 Å². The lowest BCUT2D eigenvalue weighted by Gasteiger charge is -2.36. The van der Waals surface area contributed by atoms with Crippen LogP contribution in [0.15, 0.2) is 52.9 Å². The smallest absolute Gasteiger partial charge is 0.247 e. The summed E-state index contributed by atoms with van der Waals surface area (Å²) < 4.78 is 19.2. The second-order valence-electron chi connectivity index (χ2n) is 7.86. The van der Waals surface area contributed by atoms with Crippen molar-refractivity contribution >= 4 is 11.6 Å². The Morgan fingerprint density at radius 2 is 1.90 bits per heavy atom. The summed E-state index contributed by atoms with van der Waals surface area (Å²) in [4.78, 5) is 16.6. The van der Waals surface area contributed by atoms with Crippen LogP contribution < -0.4 is 5.32 Å². The highest BCUT2D eigenvalue weighted by Gasteiger charge is 2.26. The van der Waals surface area contributed by atoms with Crippen LogP contribution in [0, 0.1) is 12.7 Å². The van der Waals surface area contributed by atoms with Crippen LogP contribution in [0.2, 0.25) is 0 Å². The van der Waals surface area contributed by atoms with Crippen molar-refractivity contribution in [3.63, 3.8) is 0 Å². The molecule has 2 aromatic carbocycles. The van der Waals surface area contributed by atoms with E-state index in [0.29, 0.717) is 17.5 Å². The monoisotopic (exact) mass is 423 g/mol. The highest BCUT2D eigenvalue weighted by atomic mass is 19.1. The number of hydrogen-bond acceptors (Lipinski definition) is 6. The first-order valence-electron chi connectivity index (χ1n) is 10.4. The number of halogens is 1. The Kier molecular flexibility index (Phi) is 6.39. The number of benzene rings is 2. The second-order valence-corrected chi connectivity index (χ2v) is 7.86. The number of nitrogens with zero attached hydrogens (tertiary/aromatic N) is 4. The molecular weight excluding hydrogens is 397 g/mol. The van der Waals surface area contributed by atoms with Crippen molar-refractivity contribution in [2.75, 3.05) is 38.0 Å². The summed E-state index contributed by atoms with van der Waals surface area (Å²) in [5, 5.41) is 11.2. The zero-order chi connectivity index (χ0) is 21.8. The number of carbonyl (C=O) groups excluding carboxylic acids is 1. The van der Waals surface area contributed by atoms with Gasteiger partial charge in [0.15, 0.2) is 0 Å². The number of amides is 1. The average Bonchev–Trinajstić information content (AvgIpc) is 3.24. The van der Waals surface area contributed by atoms with Gasteiger partial charge in [-0.1, -0.05) is 23.8 Å². The fraction of sp³-hybridized carbons (Fsp3) is 0.348. The predicted octanol–water partition coefficient (Wildman–Crippen LogP) is 3.50. The summed E-state index contributed by atoms with van der Waals surface area (Å²) in [6.45, 7) is 7.44. The second kappa shape index (κ2) is 9.36. The number of hydrogen-bond donors (Lipinski definition) is 1. The molecule has 0 radical (unpaired) electrons. The molecule has 0 aliphatic carbocycles. The van der Waals surface area contributed by atoms with Crippen LogP contribution in [0.4, 0.5) is 10.1 Å². The van der Waals surface area contributed by atoms with Crippen molar-refractivity contribution in [3.8, 4) is 11.5 Å². The molecule has 31 heavy (non-hydrogen) atoms. The van der Waals surface area contributed by atoms with Gasteiger partial charge in [0.25, 0.3) is 0 Å². The molecule has 3 aromatic rings. The van der Waals surface area contributed by atoms with Gasteiger partial charge in [-0.3, -0.25) is 14.6 Å². The van der Waals surface area contributed by atoms with Gasteiger partial charge >= 0.3 is 0 Å². The first-order valence-corrected chi connectivity index (χ1v) is 10.4. The number of rotatable bonds is 6. The van der Waals surface area contributed by atoms with E-state index in [2.05, 4.69) is 32.2 Å². The molecule has 1 aliphatic heterocycles. The Balaban J connectivity index is 1.29. The molecule has 4 rings (SSSR count). The molecule has 1 saturated heterocycles. The molecule has 1 amide bonds. The van der Waals surface area contributed by atoms with Crippen molar-refractivity contribution in [3.05, 3.63) is 65.8 Å². The van der Waals surface area contributed by atoms with Gasteiger partial charge < -0.3 is 9.73 Å². The SMILES string of the molecule is Cc1cccc(-c2nnc(C(C)N3CCN(CC(=O)Nc4cccc(F)c4)CC3)o2)c1. The number of aromatic nitrogens is 2. The third-order valence-corrected chi connectivity index (χ3v) is 5.49. The lowest BCUT2D eigenvalue weighted by molar-refractivity contribution is -0.117. The fourth-order valence-electron chi connectivity index (χ4n) is 3.73. The van der Waals surface area contributed by atoms with E-state index in [0.717, 1.165) is 37.3 Å². The van der Waals surface area contributed by atoms with E-state index in [1.807, 2.05) is 31.2 Å². The van der Waals surface area contributed by atoms with Gasteiger partial charge in [-0.25, -0.2) is 4.39 Å². The van der Waals surface area contributed by atoms with Crippen LogP contribution in [-0.2, 0) is 4.79 Å². The largest absolute Gasteiger partial charge is 0.419 e. The molecule has 2 heterocycles. The van der Waals surface area contributed by atoms with Gasteiger partial charge in [-0.2, -0.15) is 0 Å². The molecule has 0 spiro atoms. The number of nitrogens with one attached hydrogen (secondary N) is 1. The van der Waals surface area contributed by atoms with Gasteiger partial charge in [0.05, 0.1) is 12.6 Å². The van der Waals surface area contributed by atoms with E-state index in [9.17, 15) is 9.18 Å². The summed E-state index contributed by atoms with van der Waals surface area (Å²) in [7, 11) is 0. The first-order chi connectivity index (χ1) is 15.0. The minimum Gasteiger partial charge on any atom is -0.419 e. The van der Waals surface area contributed by atoms with Gasteiger partial charge in [0.1, 0.15) is 5.82 Å². The number of anilines is 1. The Labute approximate surface area is 180 Å². The average molecular weight is 423 g/mol. The molecule has 1 aliphatic rings. The third kappa shape index (κ3) is 5.34. The number of carbonyl (C=O) groups is 1. The quantitative estimate of drug-likeness (QED) is 0.654. The zero-order valence-corrected chi connectivity index (χ0v) is 17.7. The summed E-state index contributed by atoms with van der Waals surface area (Å²) in [6, 6.07) is 13.9. The molecule has 8 heteroatoms. The Morgan fingerprint density at radius 3 is 2.65 bits per heavy atom. The van der Waals surface area contributed by atoms with Crippen LogP contribution >= 0.6 is 0 Å². The van der Waals surface area contributed by atoms with E-state index in [-0.39, 0.29) is 24.3 Å². The molecular formula is C23H26FN5O2. The van der Waals surface area contributed by atoms with Crippen molar-refractivity contribution in [2.45, 2.75) is 19.9 Å². The molecule has 1 fully saturated rings. The van der Waals surface area contributed by atoms with Crippen molar-refractivity contribution in [1.29, 1.82) is 0 Å². The van der Waals surface area contributed by atoms with Crippen molar-refractivity contribution in [2.24, 2.45) is 0 Å². The molecule has 162 valence electrons. The summed E-state index contributed by atoms with van der Waals surface area (Å²) in [5.41, 5.74) is 2.53. The van der Waals surface area contributed by atoms with E-state index >= 15 is 0 Å². The third-order valence-electron chi connectivity index (χ3n) is 5.49. The maximum atomic E-state index is 13.3. The zero-order valence-electron chi connectivity index (χ0n) is 17.7. The maximum absolute atomic E-state index is 13.3. The summed E-state index contributed by atoms with van der Waals surface area (Å²) in [5.74, 6) is 0.603. The molecule has 7 nitrogen and oxygen atoms in total. The van der Waals surface area contributed by atoms with Gasteiger partial charge in [0.2, 0.25) is 17.7 Å². The van der Waals surface area contributed by atoms with E-state index in [4.69, 9.17) is 4.42 Å². The number of aryl methyl sites for hydroxylation is 1. The Morgan fingerprint density at radius 1 is 1.13 bits per heavy atom. The van der Waals surface area contributed by atoms with Crippen molar-refractivity contribution in [1.82, 2.24) is 20.0 Å². The predicted molar refractivity (Wildman–Crippen MR) is 116 cm³/mol. The van der Waals surface area contributed by atoms with Crippen molar-refractivity contribution < 1.29 is 13.6 Å².